The molecule has 2 aliphatic carbocycles. The monoisotopic (exact) mass is 294 g/mol. The van der Waals surface area contributed by atoms with Crippen LogP contribution in [0.5, 0.6) is 0 Å². The molecule has 0 spiro atoms. The second kappa shape index (κ2) is 5.13. The van der Waals surface area contributed by atoms with Crippen molar-refractivity contribution in [2.24, 2.45) is 17.8 Å². The largest absolute Gasteiger partial charge is 0.354 e. The van der Waals surface area contributed by atoms with E-state index < -0.39 is 0 Å². The molecule has 4 nitrogen and oxygen atoms in total. The van der Waals surface area contributed by atoms with E-state index in [1.807, 2.05) is 37.3 Å². The van der Waals surface area contributed by atoms with Crippen LogP contribution in [0.25, 0.3) is 11.3 Å². The Kier molecular flexibility index (Phi) is 3.10. The molecule has 4 heteroatoms. The highest BCUT2D eigenvalue weighted by Gasteiger charge is 2.40. The van der Waals surface area contributed by atoms with Gasteiger partial charge >= 0.3 is 0 Å². The Hall–Kier alpha value is -2.36. The SMILES string of the molecule is Cc1noc(-c2ccccc2)c1NC(=O)[C@H]1C[C@H]2C=C[C@H]1C2. The molecule has 2 bridgehead atoms. The van der Waals surface area contributed by atoms with Crippen LogP contribution in [0.15, 0.2) is 47.0 Å². The minimum Gasteiger partial charge on any atom is -0.354 e. The highest BCUT2D eigenvalue weighted by Crippen LogP contribution is 2.44. The van der Waals surface area contributed by atoms with E-state index in [2.05, 4.69) is 22.6 Å². The third-order valence-corrected chi connectivity index (χ3v) is 4.76. The number of fused-ring (bicyclic) bond motifs is 2. The Balaban J connectivity index is 1.60. The molecule has 0 aliphatic heterocycles. The van der Waals surface area contributed by atoms with E-state index in [4.69, 9.17) is 4.52 Å². The number of rotatable bonds is 3. The molecule has 2 aliphatic rings. The fourth-order valence-corrected chi connectivity index (χ4v) is 3.60. The fourth-order valence-electron chi connectivity index (χ4n) is 3.60. The van der Waals surface area contributed by atoms with Gasteiger partial charge in [-0.15, -0.1) is 0 Å². The van der Waals surface area contributed by atoms with E-state index in [1.165, 1.54) is 0 Å². The number of benzene rings is 1. The number of carbonyl (C=O) groups excluding carboxylic acids is 1. The fraction of sp³-hybridized carbons (Fsp3) is 0.333. The first-order chi connectivity index (χ1) is 10.7. The van der Waals surface area contributed by atoms with E-state index in [-0.39, 0.29) is 11.8 Å². The number of nitrogens with zero attached hydrogens (tertiary/aromatic N) is 1. The molecule has 0 radical (unpaired) electrons. The molecule has 22 heavy (non-hydrogen) atoms. The van der Waals surface area contributed by atoms with Gasteiger partial charge in [-0.2, -0.15) is 0 Å². The van der Waals surface area contributed by atoms with Crippen molar-refractivity contribution in [2.75, 3.05) is 5.32 Å². The Labute approximate surface area is 129 Å². The Morgan fingerprint density at radius 2 is 2.05 bits per heavy atom. The summed E-state index contributed by atoms with van der Waals surface area (Å²) in [6.45, 7) is 1.85. The second-order valence-electron chi connectivity index (χ2n) is 6.21. The lowest BCUT2D eigenvalue weighted by Gasteiger charge is -2.17. The zero-order valence-corrected chi connectivity index (χ0v) is 12.5. The summed E-state index contributed by atoms with van der Waals surface area (Å²) in [4.78, 5) is 12.6. The summed E-state index contributed by atoms with van der Waals surface area (Å²) in [7, 11) is 0. The van der Waals surface area contributed by atoms with E-state index in [0.29, 0.717) is 29.0 Å². The molecular weight excluding hydrogens is 276 g/mol. The first kappa shape index (κ1) is 13.3. The van der Waals surface area contributed by atoms with Gasteiger partial charge in [0, 0.05) is 11.5 Å². The van der Waals surface area contributed by atoms with Crippen molar-refractivity contribution < 1.29 is 9.32 Å². The molecule has 2 aromatic rings. The summed E-state index contributed by atoms with van der Waals surface area (Å²) >= 11 is 0. The van der Waals surface area contributed by atoms with Crippen molar-refractivity contribution in [1.29, 1.82) is 0 Å². The molecule has 1 aromatic carbocycles. The van der Waals surface area contributed by atoms with Crippen LogP contribution in [-0.2, 0) is 4.79 Å². The third kappa shape index (κ3) is 2.15. The summed E-state index contributed by atoms with van der Waals surface area (Å²) < 4.78 is 5.43. The summed E-state index contributed by atoms with van der Waals surface area (Å²) in [6, 6.07) is 9.75. The van der Waals surface area contributed by atoms with Crippen molar-refractivity contribution in [1.82, 2.24) is 5.16 Å². The smallest absolute Gasteiger partial charge is 0.228 e. The number of amides is 1. The van der Waals surface area contributed by atoms with Crippen LogP contribution in [0, 0.1) is 24.7 Å². The number of hydrogen-bond donors (Lipinski definition) is 1. The number of aromatic nitrogens is 1. The van der Waals surface area contributed by atoms with Gasteiger partial charge in [-0.3, -0.25) is 4.79 Å². The van der Waals surface area contributed by atoms with Gasteiger partial charge in [0.2, 0.25) is 5.91 Å². The Morgan fingerprint density at radius 1 is 1.23 bits per heavy atom. The highest BCUT2D eigenvalue weighted by molar-refractivity contribution is 5.97. The first-order valence-electron chi connectivity index (χ1n) is 7.73. The summed E-state index contributed by atoms with van der Waals surface area (Å²) in [5.41, 5.74) is 2.33. The van der Waals surface area contributed by atoms with E-state index >= 15 is 0 Å². The number of carbonyl (C=O) groups is 1. The van der Waals surface area contributed by atoms with Crippen LogP contribution in [0.2, 0.25) is 0 Å². The van der Waals surface area contributed by atoms with Crippen molar-refractivity contribution in [3.63, 3.8) is 0 Å². The maximum absolute atomic E-state index is 12.6. The lowest BCUT2D eigenvalue weighted by molar-refractivity contribution is -0.120. The number of hydrogen-bond acceptors (Lipinski definition) is 3. The van der Waals surface area contributed by atoms with E-state index in [9.17, 15) is 4.79 Å². The average molecular weight is 294 g/mol. The van der Waals surface area contributed by atoms with Crippen molar-refractivity contribution >= 4 is 11.6 Å². The van der Waals surface area contributed by atoms with Gasteiger partial charge in [0.05, 0.1) is 0 Å². The van der Waals surface area contributed by atoms with Crippen LogP contribution < -0.4 is 5.32 Å². The number of allylic oxidation sites excluding steroid dienone is 2. The van der Waals surface area contributed by atoms with Gasteiger partial charge in [-0.05, 0) is 31.6 Å². The zero-order valence-electron chi connectivity index (χ0n) is 12.5. The number of nitrogens with one attached hydrogen (secondary N) is 1. The van der Waals surface area contributed by atoms with Gasteiger partial charge < -0.3 is 9.84 Å². The molecule has 0 saturated heterocycles. The zero-order chi connectivity index (χ0) is 15.1. The molecule has 0 unspecified atom stereocenters. The molecule has 3 atom stereocenters. The lowest BCUT2D eigenvalue weighted by atomic mass is 9.92. The quantitative estimate of drug-likeness (QED) is 0.876. The average Bonchev–Trinajstić information content (AvgIpc) is 3.25. The molecule has 1 amide bonds. The van der Waals surface area contributed by atoms with Gasteiger partial charge in [-0.25, -0.2) is 0 Å². The van der Waals surface area contributed by atoms with Crippen LogP contribution in [-0.4, -0.2) is 11.1 Å². The molecule has 4 rings (SSSR count). The van der Waals surface area contributed by atoms with Crippen LogP contribution in [0.3, 0.4) is 0 Å². The Morgan fingerprint density at radius 3 is 2.73 bits per heavy atom. The minimum absolute atomic E-state index is 0.0768. The van der Waals surface area contributed by atoms with E-state index in [1.54, 1.807) is 0 Å². The van der Waals surface area contributed by atoms with Gasteiger partial charge in [0.15, 0.2) is 5.76 Å². The van der Waals surface area contributed by atoms with Crippen molar-refractivity contribution in [2.45, 2.75) is 19.8 Å². The number of anilines is 1. The van der Waals surface area contributed by atoms with E-state index in [0.717, 1.165) is 18.4 Å². The minimum atomic E-state index is 0.0768. The first-order valence-corrected chi connectivity index (χ1v) is 7.73. The molecule has 1 fully saturated rings. The normalized spacial score (nSPS) is 25.6. The molecule has 1 saturated carbocycles. The Bertz CT molecular complexity index is 733. The van der Waals surface area contributed by atoms with Crippen LogP contribution >= 0.6 is 0 Å². The predicted molar refractivity (Wildman–Crippen MR) is 84.1 cm³/mol. The summed E-state index contributed by atoms with van der Waals surface area (Å²) in [5.74, 6) is 1.77. The van der Waals surface area contributed by atoms with Crippen LogP contribution in [0.4, 0.5) is 5.69 Å². The van der Waals surface area contributed by atoms with Gasteiger partial charge in [0.1, 0.15) is 11.4 Å². The summed E-state index contributed by atoms with van der Waals surface area (Å²) in [6.07, 6.45) is 6.51. The molecule has 112 valence electrons. The second-order valence-corrected chi connectivity index (χ2v) is 6.21. The summed E-state index contributed by atoms with van der Waals surface area (Å²) in [5, 5.41) is 7.07. The van der Waals surface area contributed by atoms with Crippen LogP contribution in [0.1, 0.15) is 18.5 Å². The van der Waals surface area contributed by atoms with Crippen molar-refractivity contribution in [3.8, 4) is 11.3 Å². The van der Waals surface area contributed by atoms with Gasteiger partial charge in [-0.1, -0.05) is 47.6 Å². The topological polar surface area (TPSA) is 55.1 Å². The van der Waals surface area contributed by atoms with Gasteiger partial charge in [0.25, 0.3) is 0 Å². The molecule has 1 aromatic heterocycles. The maximum Gasteiger partial charge on any atom is 0.228 e. The van der Waals surface area contributed by atoms with Crippen molar-refractivity contribution in [3.05, 3.63) is 48.2 Å². The standard InChI is InChI=1S/C18H18N2O2/c1-11-16(17(22-20-11)13-5-3-2-4-6-13)19-18(21)15-10-12-7-8-14(15)9-12/h2-8,12,14-15H,9-10H2,1H3,(H,19,21)/t12-,14-,15-/m0/s1. The number of aryl methyl sites for hydroxylation is 1. The predicted octanol–water partition coefficient (Wildman–Crippen LogP) is 3.80. The molecular formula is C18H18N2O2. The lowest BCUT2D eigenvalue weighted by Crippen LogP contribution is -2.26. The third-order valence-electron chi connectivity index (χ3n) is 4.76. The maximum atomic E-state index is 12.6. The highest BCUT2D eigenvalue weighted by atomic mass is 16.5. The molecule has 1 N–H and O–H groups in total. The molecule has 1 heterocycles.